The number of fused-ring (bicyclic) bond motifs is 2. The zero-order valence-electron chi connectivity index (χ0n) is 28.3. The Morgan fingerprint density at radius 1 is 0.538 bits per heavy atom. The molecule has 0 fully saturated rings. The smallest absolute Gasteiger partial charge is 0.317 e. The lowest BCUT2D eigenvalue weighted by Gasteiger charge is -2.17. The Bertz CT molecular complexity index is 2090. The summed E-state index contributed by atoms with van der Waals surface area (Å²) in [7, 11) is 0. The average molecular weight is 783 g/mol. The van der Waals surface area contributed by atoms with E-state index in [4.69, 9.17) is 26.9 Å². The van der Waals surface area contributed by atoms with Crippen LogP contribution in [0.25, 0.3) is 52.8 Å². The molecule has 270 valence electrons. The van der Waals surface area contributed by atoms with Gasteiger partial charge in [0.05, 0.1) is 47.4 Å². The van der Waals surface area contributed by atoms with Crippen molar-refractivity contribution in [2.24, 2.45) is 8.73 Å². The first kappa shape index (κ1) is 36.7. The van der Waals surface area contributed by atoms with Gasteiger partial charge in [-0.05, 0) is 72.5 Å². The maximum absolute atomic E-state index is 14.7. The quantitative estimate of drug-likeness (QED) is 0.0723. The van der Waals surface area contributed by atoms with Crippen LogP contribution >= 0.6 is 34.4 Å². The molecule has 0 saturated heterocycles. The Kier molecular flexibility index (Phi) is 11.1. The Balaban J connectivity index is 1.14. The van der Waals surface area contributed by atoms with Gasteiger partial charge in [-0.1, -0.05) is 63.8 Å². The lowest BCUT2D eigenvalue weighted by atomic mass is 10.0. The van der Waals surface area contributed by atoms with Crippen molar-refractivity contribution in [3.8, 4) is 41.8 Å². The van der Waals surface area contributed by atoms with Crippen molar-refractivity contribution in [1.29, 1.82) is 0 Å². The minimum absolute atomic E-state index is 0.0102. The van der Waals surface area contributed by atoms with E-state index in [0.29, 0.717) is 35.2 Å². The number of rotatable bonds is 16. The SMILES string of the molecule is CCCCCOC(F)(F)c1ccc(-c2ccc(-c3c4c(c(-c5ccc(-c6ccc(C(F)(F)OCCCCC)cc6)s5)c5nsnc35)N=S=N4)s2)cc1. The van der Waals surface area contributed by atoms with E-state index in [1.165, 1.54) is 46.9 Å². The van der Waals surface area contributed by atoms with Crippen LogP contribution in [0.5, 0.6) is 0 Å². The van der Waals surface area contributed by atoms with E-state index in [2.05, 4.69) is 0 Å². The first-order chi connectivity index (χ1) is 25.2. The molecule has 0 N–H and O–H groups in total. The van der Waals surface area contributed by atoms with E-state index in [-0.39, 0.29) is 24.3 Å². The van der Waals surface area contributed by atoms with Crippen molar-refractivity contribution in [3.63, 3.8) is 0 Å². The van der Waals surface area contributed by atoms with Gasteiger partial charge in [-0.15, -0.1) is 22.7 Å². The first-order valence-corrected chi connectivity index (χ1v) is 20.2. The molecule has 3 aromatic heterocycles. The number of aromatic nitrogens is 2. The van der Waals surface area contributed by atoms with Gasteiger partial charge in [-0.2, -0.15) is 35.0 Å². The van der Waals surface area contributed by atoms with Gasteiger partial charge >= 0.3 is 12.2 Å². The molecular formula is C38H34F4N4O2S4. The van der Waals surface area contributed by atoms with Crippen LogP contribution in [0.4, 0.5) is 28.9 Å². The molecule has 0 bridgehead atoms. The van der Waals surface area contributed by atoms with E-state index < -0.39 is 12.2 Å². The van der Waals surface area contributed by atoms with Crippen LogP contribution < -0.4 is 0 Å². The highest BCUT2D eigenvalue weighted by atomic mass is 32.1. The number of alkyl halides is 4. The molecule has 1 aliphatic heterocycles. The predicted molar refractivity (Wildman–Crippen MR) is 205 cm³/mol. The largest absolute Gasteiger partial charge is 0.383 e. The second kappa shape index (κ2) is 15.7. The molecule has 0 radical (unpaired) electrons. The number of halogens is 4. The van der Waals surface area contributed by atoms with Gasteiger partial charge in [0.2, 0.25) is 0 Å². The summed E-state index contributed by atoms with van der Waals surface area (Å²) in [6.07, 6.45) is -1.96. The third kappa shape index (κ3) is 7.55. The summed E-state index contributed by atoms with van der Waals surface area (Å²) in [5, 5.41) is 0. The van der Waals surface area contributed by atoms with Crippen LogP contribution in [-0.4, -0.2) is 22.0 Å². The van der Waals surface area contributed by atoms with Gasteiger partial charge in [0.25, 0.3) is 0 Å². The fourth-order valence-corrected chi connectivity index (χ4v) is 9.14. The number of hydrogen-bond donors (Lipinski definition) is 0. The van der Waals surface area contributed by atoms with Crippen molar-refractivity contribution in [2.45, 2.75) is 64.6 Å². The van der Waals surface area contributed by atoms with Crippen molar-refractivity contribution in [1.82, 2.24) is 8.75 Å². The molecule has 52 heavy (non-hydrogen) atoms. The van der Waals surface area contributed by atoms with Crippen LogP contribution in [0.15, 0.2) is 81.5 Å². The summed E-state index contributed by atoms with van der Waals surface area (Å²) in [5.41, 5.74) is 5.69. The number of unbranched alkanes of at least 4 members (excludes halogenated alkanes) is 4. The predicted octanol–water partition coefficient (Wildman–Crippen LogP) is 13.7. The number of hydrogen-bond acceptors (Lipinski definition) is 9. The third-order valence-corrected chi connectivity index (χ3v) is 12.1. The van der Waals surface area contributed by atoms with E-state index in [1.807, 2.05) is 38.1 Å². The molecule has 0 atom stereocenters. The normalized spacial score (nSPS) is 12.9. The Labute approximate surface area is 314 Å². The summed E-state index contributed by atoms with van der Waals surface area (Å²) >= 11 is 5.24. The van der Waals surface area contributed by atoms with Crippen LogP contribution in [-0.2, 0) is 33.0 Å². The minimum Gasteiger partial charge on any atom is -0.317 e. The van der Waals surface area contributed by atoms with Crippen LogP contribution in [0.3, 0.4) is 0 Å². The molecule has 4 heterocycles. The molecule has 0 unspecified atom stereocenters. The minimum atomic E-state index is -3.35. The van der Waals surface area contributed by atoms with Crippen LogP contribution in [0.1, 0.15) is 63.5 Å². The fraction of sp³-hybridized carbons (Fsp3) is 0.316. The number of thiophene rings is 2. The highest BCUT2D eigenvalue weighted by Crippen LogP contribution is 2.54. The zero-order chi connectivity index (χ0) is 36.3. The molecule has 0 amide bonds. The summed E-state index contributed by atoms with van der Waals surface area (Å²) in [4.78, 5) is 3.62. The molecule has 6 nitrogen and oxygen atoms in total. The second-order valence-electron chi connectivity index (χ2n) is 12.3. The topological polar surface area (TPSA) is 69.0 Å². The molecule has 0 spiro atoms. The Morgan fingerprint density at radius 2 is 0.942 bits per heavy atom. The molecule has 3 aromatic carbocycles. The maximum Gasteiger partial charge on any atom is 0.383 e. The average Bonchev–Trinajstić information content (AvgIpc) is 3.99. The van der Waals surface area contributed by atoms with Crippen LogP contribution in [0, 0.1) is 0 Å². The lowest BCUT2D eigenvalue weighted by Crippen LogP contribution is -2.18. The monoisotopic (exact) mass is 782 g/mol. The van der Waals surface area contributed by atoms with Crippen LogP contribution in [0.2, 0.25) is 0 Å². The van der Waals surface area contributed by atoms with Gasteiger partial charge in [0.1, 0.15) is 22.4 Å². The molecular weight excluding hydrogens is 749 g/mol. The Hall–Kier alpha value is -3.66. The van der Waals surface area contributed by atoms with Crippen molar-refractivity contribution in [3.05, 3.63) is 83.9 Å². The first-order valence-electron chi connectivity index (χ1n) is 17.1. The summed E-state index contributed by atoms with van der Waals surface area (Å²) in [6, 6.07) is 20.3. The van der Waals surface area contributed by atoms with Crippen molar-refractivity contribution < 1.29 is 27.0 Å². The van der Waals surface area contributed by atoms with E-state index >= 15 is 0 Å². The number of nitrogens with zero attached hydrogens (tertiary/aromatic N) is 4. The number of ether oxygens (including phenoxy) is 2. The zero-order valence-corrected chi connectivity index (χ0v) is 31.6. The van der Waals surface area contributed by atoms with Crippen molar-refractivity contribution >= 4 is 68.2 Å². The summed E-state index contributed by atoms with van der Waals surface area (Å²) in [6.45, 7) is 4.05. The van der Waals surface area contributed by atoms with E-state index in [1.54, 1.807) is 24.3 Å². The van der Waals surface area contributed by atoms with Gasteiger partial charge < -0.3 is 9.47 Å². The molecule has 7 rings (SSSR count). The highest BCUT2D eigenvalue weighted by Gasteiger charge is 2.34. The molecule has 0 saturated carbocycles. The Morgan fingerprint density at radius 3 is 1.35 bits per heavy atom. The highest BCUT2D eigenvalue weighted by molar-refractivity contribution is 7.58. The fourth-order valence-electron chi connectivity index (χ4n) is 5.91. The molecule has 14 heteroatoms. The second-order valence-corrected chi connectivity index (χ2v) is 15.5. The standard InChI is InChI=1S/C38H34F4N4O2S4/c1-3-5-7-21-47-37(39,40)25-13-9-23(10-14-25)27-17-19-29(49-27)31-33-35(45-51-43-33)32(36-34(31)44-52-46-36)30-20-18-28(50-30)24-11-15-26(16-12-24)38(41,42)48-22-8-6-4-2/h9-20H,3-8,21-22H2,1-2H3. The van der Waals surface area contributed by atoms with E-state index in [0.717, 1.165) is 90.5 Å². The van der Waals surface area contributed by atoms with Gasteiger partial charge in [0.15, 0.2) is 0 Å². The third-order valence-electron chi connectivity index (χ3n) is 8.70. The van der Waals surface area contributed by atoms with Gasteiger partial charge in [-0.3, -0.25) is 0 Å². The van der Waals surface area contributed by atoms with Crippen molar-refractivity contribution in [2.75, 3.05) is 13.2 Å². The summed E-state index contributed by atoms with van der Waals surface area (Å²) in [5.74, 6) is 0. The van der Waals surface area contributed by atoms with Gasteiger partial charge in [0, 0.05) is 30.6 Å². The lowest BCUT2D eigenvalue weighted by molar-refractivity contribution is -0.249. The summed E-state index contributed by atoms with van der Waals surface area (Å²) < 4.78 is 87.2. The molecule has 0 aliphatic carbocycles. The van der Waals surface area contributed by atoms with E-state index in [9.17, 15) is 17.6 Å². The maximum atomic E-state index is 14.7. The van der Waals surface area contributed by atoms with Gasteiger partial charge in [-0.25, -0.2) is 0 Å². The number of benzene rings is 3. The molecule has 6 aromatic rings. The molecule has 1 aliphatic rings.